The zero-order valence-electron chi connectivity index (χ0n) is 20.3. The summed E-state index contributed by atoms with van der Waals surface area (Å²) in [7, 11) is 0. The second-order valence-corrected chi connectivity index (χ2v) is 8.73. The van der Waals surface area contributed by atoms with Crippen LogP contribution in [0.5, 0.6) is 11.6 Å². The van der Waals surface area contributed by atoms with Gasteiger partial charge in [-0.25, -0.2) is 9.07 Å². The first-order valence-electron chi connectivity index (χ1n) is 12.1. The minimum atomic E-state index is -0.510. The number of para-hydroxylation sites is 2. The fourth-order valence-electron chi connectivity index (χ4n) is 4.22. The smallest absolute Gasteiger partial charge is 0.227 e. The molecular weight excluding hydrogens is 441 g/mol. The van der Waals surface area contributed by atoms with Crippen LogP contribution in [0.4, 0.5) is 4.39 Å². The molecule has 182 valence electrons. The number of aromatic nitrogens is 2. The Morgan fingerprint density at radius 2 is 1.63 bits per heavy atom. The lowest BCUT2D eigenvalue weighted by Crippen LogP contribution is -2.34. The Labute approximate surface area is 206 Å². The van der Waals surface area contributed by atoms with E-state index in [4.69, 9.17) is 9.84 Å². The number of rotatable bonds is 11. The van der Waals surface area contributed by atoms with Gasteiger partial charge in [-0.1, -0.05) is 67.6 Å². The van der Waals surface area contributed by atoms with Gasteiger partial charge < -0.3 is 9.84 Å². The van der Waals surface area contributed by atoms with Crippen molar-refractivity contribution in [3.05, 3.63) is 108 Å². The molecule has 4 aromatic rings. The molecule has 0 fully saturated rings. The highest BCUT2D eigenvalue weighted by Gasteiger charge is 2.23. The van der Waals surface area contributed by atoms with Gasteiger partial charge in [0.25, 0.3) is 0 Å². The monoisotopic (exact) mass is 473 g/mol. The summed E-state index contributed by atoms with van der Waals surface area (Å²) in [5, 5.41) is 15.6. The SMILES string of the molecule is CCCN(Cc1c(C)nn(-c2ccccc2)c1Oc1ccccc1F)C[C@H](O)Cc1ccccc1. The number of benzene rings is 3. The van der Waals surface area contributed by atoms with Gasteiger partial charge in [0.15, 0.2) is 11.6 Å². The van der Waals surface area contributed by atoms with E-state index < -0.39 is 11.9 Å². The lowest BCUT2D eigenvalue weighted by molar-refractivity contribution is 0.108. The maximum absolute atomic E-state index is 14.5. The summed E-state index contributed by atoms with van der Waals surface area (Å²) < 4.78 is 22.4. The van der Waals surface area contributed by atoms with Gasteiger partial charge in [-0.05, 0) is 56.1 Å². The van der Waals surface area contributed by atoms with Crippen molar-refractivity contribution in [3.63, 3.8) is 0 Å². The van der Waals surface area contributed by atoms with E-state index in [1.54, 1.807) is 22.9 Å². The Bertz CT molecular complexity index is 1210. The van der Waals surface area contributed by atoms with Crippen molar-refractivity contribution in [1.29, 1.82) is 0 Å². The summed E-state index contributed by atoms with van der Waals surface area (Å²) in [4.78, 5) is 2.21. The molecule has 0 aliphatic carbocycles. The van der Waals surface area contributed by atoms with E-state index in [0.717, 1.165) is 35.5 Å². The zero-order valence-corrected chi connectivity index (χ0v) is 20.3. The maximum atomic E-state index is 14.5. The normalized spacial score (nSPS) is 12.1. The third-order valence-electron chi connectivity index (χ3n) is 5.89. The fourth-order valence-corrected chi connectivity index (χ4v) is 4.22. The molecule has 0 bridgehead atoms. The number of hydrogen-bond donors (Lipinski definition) is 1. The Hall–Kier alpha value is -3.48. The van der Waals surface area contributed by atoms with Crippen LogP contribution in [0.15, 0.2) is 84.9 Å². The summed E-state index contributed by atoms with van der Waals surface area (Å²) in [5.41, 5.74) is 3.61. The predicted molar refractivity (Wildman–Crippen MR) is 136 cm³/mol. The van der Waals surface area contributed by atoms with Gasteiger partial charge in [-0.15, -0.1) is 0 Å². The van der Waals surface area contributed by atoms with Crippen LogP contribution in [-0.4, -0.2) is 39.0 Å². The highest BCUT2D eigenvalue weighted by atomic mass is 19.1. The Balaban J connectivity index is 1.63. The number of ether oxygens (including phenoxy) is 1. The van der Waals surface area contributed by atoms with Crippen LogP contribution < -0.4 is 4.74 Å². The summed E-state index contributed by atoms with van der Waals surface area (Å²) in [6.45, 7) is 5.90. The van der Waals surface area contributed by atoms with Crippen LogP contribution >= 0.6 is 0 Å². The van der Waals surface area contributed by atoms with E-state index in [2.05, 4.69) is 11.8 Å². The molecular formula is C29H32FN3O2. The Morgan fingerprint density at radius 3 is 2.31 bits per heavy atom. The molecule has 4 rings (SSSR count). The van der Waals surface area contributed by atoms with E-state index in [9.17, 15) is 9.50 Å². The molecule has 0 unspecified atom stereocenters. The largest absolute Gasteiger partial charge is 0.435 e. The molecule has 0 radical (unpaired) electrons. The van der Waals surface area contributed by atoms with Gasteiger partial charge in [0, 0.05) is 13.1 Å². The molecule has 0 amide bonds. The molecule has 0 saturated heterocycles. The van der Waals surface area contributed by atoms with Gasteiger partial charge in [0.1, 0.15) is 0 Å². The van der Waals surface area contributed by atoms with Crippen LogP contribution in [0.25, 0.3) is 5.69 Å². The molecule has 6 heteroatoms. The molecule has 1 aromatic heterocycles. The lowest BCUT2D eigenvalue weighted by Gasteiger charge is -2.25. The van der Waals surface area contributed by atoms with E-state index in [-0.39, 0.29) is 5.75 Å². The number of halogens is 1. The van der Waals surface area contributed by atoms with E-state index in [1.165, 1.54) is 6.07 Å². The molecule has 1 N–H and O–H groups in total. The number of aliphatic hydroxyl groups excluding tert-OH is 1. The van der Waals surface area contributed by atoms with Crippen LogP contribution in [0.3, 0.4) is 0 Å². The zero-order chi connectivity index (χ0) is 24.6. The second-order valence-electron chi connectivity index (χ2n) is 8.73. The van der Waals surface area contributed by atoms with Crippen molar-refractivity contribution in [2.45, 2.75) is 39.3 Å². The fraction of sp³-hybridized carbons (Fsp3) is 0.276. The summed E-state index contributed by atoms with van der Waals surface area (Å²) in [5.74, 6) is 0.204. The number of aryl methyl sites for hydroxylation is 1. The van der Waals surface area contributed by atoms with Crippen molar-refractivity contribution in [1.82, 2.24) is 14.7 Å². The Morgan fingerprint density at radius 1 is 0.971 bits per heavy atom. The van der Waals surface area contributed by atoms with Gasteiger partial charge in [-0.2, -0.15) is 5.10 Å². The number of aliphatic hydroxyl groups is 1. The maximum Gasteiger partial charge on any atom is 0.227 e. The molecule has 0 saturated carbocycles. The minimum Gasteiger partial charge on any atom is -0.435 e. The van der Waals surface area contributed by atoms with Gasteiger partial charge in [0.2, 0.25) is 5.88 Å². The standard InChI is InChI=1S/C29H32FN3O2/c1-3-18-32(20-25(34)19-23-12-6-4-7-13-23)21-26-22(2)31-33(24-14-8-5-9-15-24)29(26)35-28-17-11-10-16-27(28)30/h4-17,25,34H,3,18-21H2,1-2H3/t25-/m1/s1. The van der Waals surface area contributed by atoms with Crippen LogP contribution in [-0.2, 0) is 13.0 Å². The highest BCUT2D eigenvalue weighted by Crippen LogP contribution is 2.32. The first kappa shape index (κ1) is 24.6. The second kappa shape index (κ2) is 11.8. The molecule has 3 aromatic carbocycles. The average molecular weight is 474 g/mol. The van der Waals surface area contributed by atoms with Crippen molar-refractivity contribution < 1.29 is 14.2 Å². The predicted octanol–water partition coefficient (Wildman–Crippen LogP) is 5.93. The van der Waals surface area contributed by atoms with Gasteiger partial charge >= 0.3 is 0 Å². The molecule has 0 spiro atoms. The minimum absolute atomic E-state index is 0.150. The Kier molecular flexibility index (Phi) is 8.29. The molecule has 5 nitrogen and oxygen atoms in total. The lowest BCUT2D eigenvalue weighted by atomic mass is 10.1. The topological polar surface area (TPSA) is 50.5 Å². The summed E-state index contributed by atoms with van der Waals surface area (Å²) in [6.07, 6.45) is 1.01. The molecule has 0 aliphatic rings. The van der Waals surface area contributed by atoms with Crippen LogP contribution in [0, 0.1) is 12.7 Å². The quantitative estimate of drug-likeness (QED) is 0.293. The first-order chi connectivity index (χ1) is 17.0. The van der Waals surface area contributed by atoms with Gasteiger partial charge in [0.05, 0.1) is 23.0 Å². The molecule has 1 atom stereocenters. The van der Waals surface area contributed by atoms with Crippen LogP contribution in [0.2, 0.25) is 0 Å². The van der Waals surface area contributed by atoms with Crippen molar-refractivity contribution in [3.8, 4) is 17.3 Å². The van der Waals surface area contributed by atoms with Crippen molar-refractivity contribution >= 4 is 0 Å². The highest BCUT2D eigenvalue weighted by molar-refractivity contribution is 5.43. The third kappa shape index (κ3) is 6.35. The van der Waals surface area contributed by atoms with Gasteiger partial charge in [-0.3, -0.25) is 4.90 Å². The molecule has 35 heavy (non-hydrogen) atoms. The summed E-state index contributed by atoms with van der Waals surface area (Å²) in [6, 6.07) is 26.1. The van der Waals surface area contributed by atoms with Crippen molar-refractivity contribution in [2.75, 3.05) is 13.1 Å². The van der Waals surface area contributed by atoms with Crippen LogP contribution in [0.1, 0.15) is 30.2 Å². The van der Waals surface area contributed by atoms with E-state index >= 15 is 0 Å². The first-order valence-corrected chi connectivity index (χ1v) is 12.1. The summed E-state index contributed by atoms with van der Waals surface area (Å²) >= 11 is 0. The number of nitrogens with zero attached hydrogens (tertiary/aromatic N) is 3. The third-order valence-corrected chi connectivity index (χ3v) is 5.89. The van der Waals surface area contributed by atoms with E-state index in [0.29, 0.717) is 25.4 Å². The molecule has 0 aliphatic heterocycles. The molecule has 1 heterocycles. The van der Waals surface area contributed by atoms with E-state index in [1.807, 2.05) is 67.6 Å². The van der Waals surface area contributed by atoms with Crippen molar-refractivity contribution in [2.24, 2.45) is 0 Å². The number of hydrogen-bond acceptors (Lipinski definition) is 4. The average Bonchev–Trinajstić information content (AvgIpc) is 3.16.